The van der Waals surface area contributed by atoms with E-state index in [1.165, 1.54) is 4.90 Å². The molecular formula is C8H10N4O. The molecule has 1 aromatic rings. The standard InChI is InChI=1S/C8H10N4O/c1-11-5-7(10-6-11)8(13)12(2)4-3-9/h5-6H,4H2,1-2H3. The van der Waals surface area contributed by atoms with E-state index >= 15 is 0 Å². The van der Waals surface area contributed by atoms with Crippen LogP contribution in [0.25, 0.3) is 0 Å². The van der Waals surface area contributed by atoms with Crippen molar-refractivity contribution >= 4 is 5.91 Å². The largest absolute Gasteiger partial charge is 0.340 e. The number of carbonyl (C=O) groups excluding carboxylic acids is 1. The maximum atomic E-state index is 11.4. The number of rotatable bonds is 2. The van der Waals surface area contributed by atoms with E-state index in [0.29, 0.717) is 5.69 Å². The number of imidazole rings is 1. The number of aromatic nitrogens is 2. The first-order valence-corrected chi connectivity index (χ1v) is 3.75. The van der Waals surface area contributed by atoms with Crippen LogP contribution in [0.15, 0.2) is 12.5 Å². The molecule has 68 valence electrons. The van der Waals surface area contributed by atoms with Gasteiger partial charge in [-0.3, -0.25) is 4.79 Å². The van der Waals surface area contributed by atoms with Crippen molar-refractivity contribution in [3.05, 3.63) is 18.2 Å². The summed E-state index contributed by atoms with van der Waals surface area (Å²) in [7, 11) is 3.36. The van der Waals surface area contributed by atoms with Crippen molar-refractivity contribution in [1.29, 1.82) is 5.26 Å². The van der Waals surface area contributed by atoms with Gasteiger partial charge in [-0.25, -0.2) is 4.98 Å². The number of amides is 1. The minimum Gasteiger partial charge on any atom is -0.340 e. The van der Waals surface area contributed by atoms with Crippen LogP contribution in [-0.4, -0.2) is 34.0 Å². The van der Waals surface area contributed by atoms with E-state index in [9.17, 15) is 4.79 Å². The fourth-order valence-electron chi connectivity index (χ4n) is 0.897. The van der Waals surface area contributed by atoms with Crippen LogP contribution in [-0.2, 0) is 7.05 Å². The Kier molecular flexibility index (Phi) is 2.65. The summed E-state index contributed by atoms with van der Waals surface area (Å²) in [6.45, 7) is 0.0788. The molecule has 1 aromatic heterocycles. The van der Waals surface area contributed by atoms with Gasteiger partial charge in [-0.1, -0.05) is 0 Å². The molecule has 1 rings (SSSR count). The maximum Gasteiger partial charge on any atom is 0.274 e. The number of nitrogens with zero attached hydrogens (tertiary/aromatic N) is 4. The zero-order chi connectivity index (χ0) is 9.84. The third kappa shape index (κ3) is 2.06. The van der Waals surface area contributed by atoms with E-state index in [1.54, 1.807) is 31.2 Å². The van der Waals surface area contributed by atoms with Gasteiger partial charge in [0.05, 0.1) is 12.4 Å². The van der Waals surface area contributed by atoms with Gasteiger partial charge in [0.1, 0.15) is 12.2 Å². The predicted octanol–water partition coefficient (Wildman–Crippen LogP) is 0.0157. The second-order valence-electron chi connectivity index (χ2n) is 2.74. The summed E-state index contributed by atoms with van der Waals surface area (Å²) in [4.78, 5) is 16.7. The van der Waals surface area contributed by atoms with Crippen molar-refractivity contribution in [2.24, 2.45) is 7.05 Å². The topological polar surface area (TPSA) is 61.9 Å². The number of nitriles is 1. The van der Waals surface area contributed by atoms with Crippen LogP contribution in [0.5, 0.6) is 0 Å². The molecule has 13 heavy (non-hydrogen) atoms. The Bertz CT molecular complexity index is 349. The van der Waals surface area contributed by atoms with Gasteiger partial charge in [0.15, 0.2) is 0 Å². The highest BCUT2D eigenvalue weighted by molar-refractivity contribution is 5.92. The van der Waals surface area contributed by atoms with E-state index in [4.69, 9.17) is 5.26 Å². The number of carbonyl (C=O) groups is 1. The molecule has 0 saturated carbocycles. The highest BCUT2D eigenvalue weighted by atomic mass is 16.2. The number of hydrogen-bond donors (Lipinski definition) is 0. The normalized spacial score (nSPS) is 9.31. The maximum absolute atomic E-state index is 11.4. The molecule has 1 amide bonds. The minimum atomic E-state index is -0.234. The minimum absolute atomic E-state index is 0.0788. The molecule has 0 aliphatic carbocycles. The highest BCUT2D eigenvalue weighted by Crippen LogP contribution is 1.98. The quantitative estimate of drug-likeness (QED) is 0.599. The van der Waals surface area contributed by atoms with Crippen LogP contribution in [0, 0.1) is 11.3 Å². The fourth-order valence-corrected chi connectivity index (χ4v) is 0.897. The molecular weight excluding hydrogens is 168 g/mol. The van der Waals surface area contributed by atoms with E-state index in [2.05, 4.69) is 4.98 Å². The van der Waals surface area contributed by atoms with E-state index in [0.717, 1.165) is 0 Å². The molecule has 0 atom stereocenters. The Hall–Kier alpha value is -1.83. The molecule has 0 aromatic carbocycles. The molecule has 0 radical (unpaired) electrons. The van der Waals surface area contributed by atoms with Gasteiger partial charge < -0.3 is 9.47 Å². The lowest BCUT2D eigenvalue weighted by Gasteiger charge is -2.09. The molecule has 5 heteroatoms. The zero-order valence-corrected chi connectivity index (χ0v) is 7.56. The van der Waals surface area contributed by atoms with Crippen LogP contribution in [0.1, 0.15) is 10.5 Å². The molecule has 0 fully saturated rings. The monoisotopic (exact) mass is 178 g/mol. The average Bonchev–Trinajstić information content (AvgIpc) is 2.51. The first-order valence-electron chi connectivity index (χ1n) is 3.75. The van der Waals surface area contributed by atoms with E-state index in [-0.39, 0.29) is 12.5 Å². The molecule has 0 spiro atoms. The predicted molar refractivity (Wildman–Crippen MR) is 45.8 cm³/mol. The van der Waals surface area contributed by atoms with E-state index in [1.807, 2.05) is 6.07 Å². The number of hydrogen-bond acceptors (Lipinski definition) is 3. The molecule has 1 heterocycles. The lowest BCUT2D eigenvalue weighted by molar-refractivity contribution is 0.0806. The van der Waals surface area contributed by atoms with Crippen molar-refractivity contribution in [3.8, 4) is 6.07 Å². The fraction of sp³-hybridized carbons (Fsp3) is 0.375. The van der Waals surface area contributed by atoms with E-state index < -0.39 is 0 Å². The van der Waals surface area contributed by atoms with Gasteiger partial charge in [-0.05, 0) is 0 Å². The lowest BCUT2D eigenvalue weighted by atomic mass is 10.4. The highest BCUT2D eigenvalue weighted by Gasteiger charge is 2.12. The van der Waals surface area contributed by atoms with Gasteiger partial charge >= 0.3 is 0 Å². The van der Waals surface area contributed by atoms with Crippen molar-refractivity contribution in [2.45, 2.75) is 0 Å². The zero-order valence-electron chi connectivity index (χ0n) is 7.56. The van der Waals surface area contributed by atoms with Gasteiger partial charge in [-0.2, -0.15) is 5.26 Å². The van der Waals surface area contributed by atoms with Gasteiger partial charge in [0.25, 0.3) is 5.91 Å². The lowest BCUT2D eigenvalue weighted by Crippen LogP contribution is -2.27. The van der Waals surface area contributed by atoms with Crippen LogP contribution in [0.4, 0.5) is 0 Å². The Morgan fingerprint density at radius 1 is 1.85 bits per heavy atom. The third-order valence-corrected chi connectivity index (χ3v) is 1.58. The molecule has 0 aliphatic rings. The van der Waals surface area contributed by atoms with Crippen molar-refractivity contribution in [2.75, 3.05) is 13.6 Å². The van der Waals surface area contributed by atoms with Crippen LogP contribution in [0.3, 0.4) is 0 Å². The van der Waals surface area contributed by atoms with Crippen molar-refractivity contribution < 1.29 is 4.79 Å². The van der Waals surface area contributed by atoms with Gasteiger partial charge in [0, 0.05) is 20.3 Å². The van der Waals surface area contributed by atoms with Gasteiger partial charge in [-0.15, -0.1) is 0 Å². The molecule has 0 saturated heterocycles. The molecule has 5 nitrogen and oxygen atoms in total. The summed E-state index contributed by atoms with van der Waals surface area (Å²) in [5.74, 6) is -0.234. The van der Waals surface area contributed by atoms with Crippen LogP contribution < -0.4 is 0 Å². The Labute approximate surface area is 76.2 Å². The summed E-state index contributed by atoms with van der Waals surface area (Å²) in [6, 6.07) is 1.90. The second-order valence-corrected chi connectivity index (χ2v) is 2.74. The Balaban J connectivity index is 2.74. The van der Waals surface area contributed by atoms with Crippen LogP contribution in [0.2, 0.25) is 0 Å². The van der Waals surface area contributed by atoms with Crippen molar-refractivity contribution in [1.82, 2.24) is 14.5 Å². The summed E-state index contributed by atoms with van der Waals surface area (Å²) in [5, 5.41) is 8.37. The Morgan fingerprint density at radius 2 is 2.54 bits per heavy atom. The average molecular weight is 178 g/mol. The first kappa shape index (κ1) is 9.26. The molecule has 0 bridgehead atoms. The summed E-state index contributed by atoms with van der Waals surface area (Å²) >= 11 is 0. The SMILES string of the molecule is CN(CC#N)C(=O)c1cn(C)cn1. The summed E-state index contributed by atoms with van der Waals surface area (Å²) in [5.41, 5.74) is 0.361. The summed E-state index contributed by atoms with van der Waals surface area (Å²) < 4.78 is 1.69. The smallest absolute Gasteiger partial charge is 0.274 e. The molecule has 0 unspecified atom stereocenters. The Morgan fingerprint density at radius 3 is 3.00 bits per heavy atom. The van der Waals surface area contributed by atoms with Crippen LogP contribution >= 0.6 is 0 Å². The third-order valence-electron chi connectivity index (χ3n) is 1.58. The first-order chi connectivity index (χ1) is 6.15. The van der Waals surface area contributed by atoms with Gasteiger partial charge in [0.2, 0.25) is 0 Å². The molecule has 0 aliphatic heterocycles. The van der Waals surface area contributed by atoms with Crippen molar-refractivity contribution in [3.63, 3.8) is 0 Å². The molecule has 0 N–H and O–H groups in total. The second kappa shape index (κ2) is 3.72. The summed E-state index contributed by atoms with van der Waals surface area (Å²) in [6.07, 6.45) is 3.17. The number of aryl methyl sites for hydroxylation is 1.